The summed E-state index contributed by atoms with van der Waals surface area (Å²) in [7, 11) is 0. The van der Waals surface area contributed by atoms with Gasteiger partial charge in [0.15, 0.2) is 5.69 Å². The van der Waals surface area contributed by atoms with E-state index in [0.29, 0.717) is 43.9 Å². The van der Waals surface area contributed by atoms with Crippen LogP contribution in [-0.4, -0.2) is 67.7 Å². The van der Waals surface area contributed by atoms with E-state index in [4.69, 9.17) is 9.72 Å². The molecule has 8 nitrogen and oxygen atoms in total. The Morgan fingerprint density at radius 3 is 2.17 bits per heavy atom. The van der Waals surface area contributed by atoms with E-state index in [2.05, 4.69) is 6.92 Å². The van der Waals surface area contributed by atoms with E-state index in [1.165, 1.54) is 0 Å². The van der Waals surface area contributed by atoms with Gasteiger partial charge in [0.1, 0.15) is 11.2 Å². The van der Waals surface area contributed by atoms with E-state index in [0.717, 1.165) is 29.5 Å². The van der Waals surface area contributed by atoms with Crippen molar-refractivity contribution in [3.63, 3.8) is 0 Å². The number of unbranched alkanes of at least 4 members (excludes halogenated alkanes) is 1. The van der Waals surface area contributed by atoms with Gasteiger partial charge in [0, 0.05) is 25.2 Å². The van der Waals surface area contributed by atoms with E-state index < -0.39 is 17.2 Å². The average Bonchev–Trinajstić information content (AvgIpc) is 3.52. The van der Waals surface area contributed by atoms with E-state index in [1.807, 2.05) is 128 Å². The minimum Gasteiger partial charge on any atom is -0.444 e. The summed E-state index contributed by atoms with van der Waals surface area (Å²) in [5, 5.41) is 12.4. The number of hydrogen-bond acceptors (Lipinski definition) is 5. The smallest absolute Gasteiger partial charge is 0.410 e. The monoisotopic (exact) mass is 636 g/mol. The van der Waals surface area contributed by atoms with Crippen LogP contribution in [0.2, 0.25) is 0 Å². The summed E-state index contributed by atoms with van der Waals surface area (Å²) < 4.78 is 7.67. The van der Waals surface area contributed by atoms with E-state index in [-0.39, 0.29) is 18.0 Å². The van der Waals surface area contributed by atoms with Crippen molar-refractivity contribution >= 4 is 12.0 Å². The highest BCUT2D eigenvalue weighted by molar-refractivity contribution is 5.98. The largest absolute Gasteiger partial charge is 0.444 e. The van der Waals surface area contributed by atoms with Gasteiger partial charge in [-0.3, -0.25) is 4.79 Å². The molecular formula is C39H48N4O4. The second-order valence-electron chi connectivity index (χ2n) is 13.6. The Hall–Kier alpha value is -4.43. The molecule has 1 aliphatic rings. The maximum atomic E-state index is 14.7. The third kappa shape index (κ3) is 7.76. The fraction of sp³-hybridized carbons (Fsp3) is 0.410. The maximum Gasteiger partial charge on any atom is 0.410 e. The number of piperazine rings is 1. The molecule has 248 valence electrons. The Bertz CT molecular complexity index is 1620. The second kappa shape index (κ2) is 14.6. The van der Waals surface area contributed by atoms with E-state index >= 15 is 0 Å². The lowest BCUT2D eigenvalue weighted by Gasteiger charge is -2.41. The van der Waals surface area contributed by atoms with Crippen LogP contribution in [-0.2, 0) is 16.8 Å². The van der Waals surface area contributed by atoms with Crippen molar-refractivity contribution < 1.29 is 19.4 Å². The molecule has 0 spiro atoms. The molecular weight excluding hydrogens is 588 g/mol. The molecule has 1 N–H and O–H groups in total. The molecule has 1 aliphatic heterocycles. The van der Waals surface area contributed by atoms with Crippen LogP contribution in [0, 0.1) is 0 Å². The molecule has 1 unspecified atom stereocenters. The number of benzene rings is 3. The van der Waals surface area contributed by atoms with Crippen LogP contribution in [0.25, 0.3) is 11.3 Å². The Kier molecular flexibility index (Phi) is 10.5. The summed E-state index contributed by atoms with van der Waals surface area (Å²) in [5.74, 6) is -0.198. The molecule has 3 atom stereocenters. The van der Waals surface area contributed by atoms with Gasteiger partial charge in [-0.05, 0) is 51.7 Å². The summed E-state index contributed by atoms with van der Waals surface area (Å²) in [4.78, 5) is 36.1. The maximum absolute atomic E-state index is 14.7. The molecule has 0 aliphatic carbocycles. The number of imidazole rings is 1. The van der Waals surface area contributed by atoms with Gasteiger partial charge >= 0.3 is 6.09 Å². The molecule has 2 amide bonds. The first-order chi connectivity index (χ1) is 22.5. The molecule has 4 aromatic rings. The Morgan fingerprint density at radius 2 is 1.55 bits per heavy atom. The normalized spacial score (nSPS) is 17.2. The van der Waals surface area contributed by atoms with Gasteiger partial charge < -0.3 is 24.2 Å². The zero-order chi connectivity index (χ0) is 33.6. The molecule has 0 radical (unpaired) electrons. The zero-order valence-corrected chi connectivity index (χ0v) is 28.3. The first kappa shape index (κ1) is 33.9. The summed E-state index contributed by atoms with van der Waals surface area (Å²) in [5.41, 5.74) is 1.95. The molecule has 8 heteroatoms. The molecule has 1 fully saturated rings. The molecule has 5 rings (SSSR count). The predicted octanol–water partition coefficient (Wildman–Crippen LogP) is 7.49. The quantitative estimate of drug-likeness (QED) is 0.195. The van der Waals surface area contributed by atoms with Crippen LogP contribution in [0.4, 0.5) is 4.79 Å². The fourth-order valence-electron chi connectivity index (χ4n) is 6.50. The topological polar surface area (TPSA) is 87.9 Å². The van der Waals surface area contributed by atoms with Crippen molar-refractivity contribution in [2.75, 3.05) is 19.6 Å². The van der Waals surface area contributed by atoms with E-state index in [9.17, 15) is 14.7 Å². The molecule has 0 saturated carbocycles. The van der Waals surface area contributed by atoms with Crippen LogP contribution in [0.5, 0.6) is 0 Å². The molecule has 47 heavy (non-hydrogen) atoms. The van der Waals surface area contributed by atoms with Gasteiger partial charge in [0.05, 0.1) is 24.1 Å². The highest BCUT2D eigenvalue weighted by Gasteiger charge is 2.40. The lowest BCUT2D eigenvalue weighted by atomic mass is 9.82. The highest BCUT2D eigenvalue weighted by Crippen LogP contribution is 2.41. The number of nitrogens with zero attached hydrogens (tertiary/aromatic N) is 4. The Balaban J connectivity index is 1.54. The summed E-state index contributed by atoms with van der Waals surface area (Å²) in [6.07, 6.45) is 4.26. The Morgan fingerprint density at radius 1 is 0.936 bits per heavy atom. The number of carbonyl (C=O) groups excluding carboxylic acids is 2. The van der Waals surface area contributed by atoms with Crippen LogP contribution in [0.1, 0.15) is 81.5 Å². The van der Waals surface area contributed by atoms with Gasteiger partial charge in [0.2, 0.25) is 0 Å². The van der Waals surface area contributed by atoms with Crippen molar-refractivity contribution in [2.24, 2.45) is 0 Å². The van der Waals surface area contributed by atoms with Crippen molar-refractivity contribution in [2.45, 2.75) is 83.6 Å². The average molecular weight is 637 g/mol. The van der Waals surface area contributed by atoms with Crippen LogP contribution in [0.15, 0.2) is 97.3 Å². The summed E-state index contributed by atoms with van der Waals surface area (Å²) >= 11 is 0. The number of amides is 2. The van der Waals surface area contributed by atoms with Crippen molar-refractivity contribution in [1.82, 2.24) is 19.4 Å². The van der Waals surface area contributed by atoms with Gasteiger partial charge in [-0.25, -0.2) is 9.78 Å². The minimum absolute atomic E-state index is 0.198. The van der Waals surface area contributed by atoms with Crippen molar-refractivity contribution in [3.8, 4) is 11.3 Å². The molecule has 3 aromatic carbocycles. The van der Waals surface area contributed by atoms with Gasteiger partial charge in [-0.15, -0.1) is 0 Å². The third-order valence-electron chi connectivity index (χ3n) is 9.05. The molecule has 0 bridgehead atoms. The zero-order valence-electron chi connectivity index (χ0n) is 28.3. The van der Waals surface area contributed by atoms with Gasteiger partial charge in [-0.1, -0.05) is 111 Å². The minimum atomic E-state index is -1.18. The SMILES string of the molecule is CCCCC(O)(c1ccccc1)[C@H](C)n1cnc(C(=O)N2CCN(C(=O)OC(C)(C)C)C[C@H]2Cc2ccccc2)c1-c1ccccc1. The first-order valence-electron chi connectivity index (χ1n) is 16.7. The molecule has 2 heterocycles. The summed E-state index contributed by atoms with van der Waals surface area (Å²) in [6, 6.07) is 28.9. The van der Waals surface area contributed by atoms with Gasteiger partial charge in [-0.2, -0.15) is 0 Å². The fourth-order valence-corrected chi connectivity index (χ4v) is 6.50. The number of aromatic nitrogens is 2. The van der Waals surface area contributed by atoms with Crippen molar-refractivity contribution in [1.29, 1.82) is 0 Å². The summed E-state index contributed by atoms with van der Waals surface area (Å²) in [6.45, 7) is 10.7. The van der Waals surface area contributed by atoms with E-state index in [1.54, 1.807) is 11.2 Å². The van der Waals surface area contributed by atoms with Crippen LogP contribution >= 0.6 is 0 Å². The van der Waals surface area contributed by atoms with Crippen LogP contribution in [0.3, 0.4) is 0 Å². The number of rotatable bonds is 10. The predicted molar refractivity (Wildman–Crippen MR) is 185 cm³/mol. The lowest BCUT2D eigenvalue weighted by molar-refractivity contribution is -0.0208. The lowest BCUT2D eigenvalue weighted by Crippen LogP contribution is -2.58. The number of ether oxygens (including phenoxy) is 1. The first-order valence-corrected chi connectivity index (χ1v) is 16.7. The van der Waals surface area contributed by atoms with Gasteiger partial charge in [0.25, 0.3) is 5.91 Å². The highest BCUT2D eigenvalue weighted by atomic mass is 16.6. The molecule has 1 aromatic heterocycles. The molecule has 1 saturated heterocycles. The van der Waals surface area contributed by atoms with Crippen LogP contribution < -0.4 is 0 Å². The van der Waals surface area contributed by atoms with Crippen molar-refractivity contribution in [3.05, 3.63) is 114 Å². The number of hydrogen-bond donors (Lipinski definition) is 1. The second-order valence-corrected chi connectivity index (χ2v) is 13.6. The standard InChI is InChI=1S/C39H48N4O4/c1-6-7-23-39(46,32-21-15-10-16-22-32)29(2)43-28-40-34(35(43)31-19-13-9-14-20-31)36(44)42-25-24-41(37(45)47-38(3,4)5)27-33(42)26-30-17-11-8-12-18-30/h8-22,28-29,33,46H,6-7,23-27H2,1-5H3/t29-,33+,39?/m0/s1. The Labute approximate surface area is 279 Å². The number of aliphatic hydroxyl groups is 1. The third-order valence-corrected chi connectivity index (χ3v) is 9.05. The number of carbonyl (C=O) groups is 2.